The molecule has 1 atom stereocenters. The Morgan fingerprint density at radius 3 is 2.46 bits per heavy atom. The van der Waals surface area contributed by atoms with Crippen LogP contribution in [0, 0.1) is 6.92 Å². The van der Waals surface area contributed by atoms with Crippen molar-refractivity contribution in [2.75, 3.05) is 44.2 Å². The second-order valence-electron chi connectivity index (χ2n) is 6.82. The molecule has 4 nitrogen and oxygen atoms in total. The molecule has 0 aromatic heterocycles. The third kappa shape index (κ3) is 5.27. The maximum atomic E-state index is 10.3. The van der Waals surface area contributed by atoms with Gasteiger partial charge >= 0.3 is 0 Å². The average molecular weight is 396 g/mol. The van der Waals surface area contributed by atoms with Crippen LogP contribution in [-0.4, -0.2) is 50.5 Å². The zero-order valence-corrected chi connectivity index (χ0v) is 16.4. The van der Waals surface area contributed by atoms with E-state index in [-0.39, 0.29) is 6.61 Å². The summed E-state index contributed by atoms with van der Waals surface area (Å²) in [5.74, 6) is 0.550. The topological polar surface area (TPSA) is 37.1 Å². The maximum absolute atomic E-state index is 10.3. The van der Waals surface area contributed by atoms with Crippen molar-refractivity contribution in [2.24, 2.45) is 0 Å². The fourth-order valence-electron chi connectivity index (χ4n) is 3.21. The van der Waals surface area contributed by atoms with E-state index in [2.05, 4.69) is 36.1 Å². The van der Waals surface area contributed by atoms with Crippen molar-refractivity contribution >= 4 is 28.9 Å². The summed E-state index contributed by atoms with van der Waals surface area (Å²) >= 11 is 12.0. The van der Waals surface area contributed by atoms with Gasteiger partial charge in [-0.3, -0.25) is 0 Å². The van der Waals surface area contributed by atoms with Crippen molar-refractivity contribution in [3.05, 3.63) is 58.1 Å². The van der Waals surface area contributed by atoms with Gasteiger partial charge in [-0.15, -0.1) is 0 Å². The highest BCUT2D eigenvalue weighted by Gasteiger charge is 2.23. The number of anilines is 1. The SMILES string of the molecule is Cc1ccc(N2CC[NH+](CC(O)COc3ccc(Cl)cc3Cl)CC2)cc1. The molecule has 1 aliphatic heterocycles. The Morgan fingerprint density at radius 1 is 1.12 bits per heavy atom. The van der Waals surface area contributed by atoms with Gasteiger partial charge in [0.1, 0.15) is 25.0 Å². The van der Waals surface area contributed by atoms with E-state index in [9.17, 15) is 5.11 Å². The van der Waals surface area contributed by atoms with Crippen LogP contribution in [0.3, 0.4) is 0 Å². The fourth-order valence-corrected chi connectivity index (χ4v) is 3.67. The van der Waals surface area contributed by atoms with Crippen molar-refractivity contribution in [1.29, 1.82) is 0 Å². The first-order chi connectivity index (χ1) is 12.5. The lowest BCUT2D eigenvalue weighted by atomic mass is 10.2. The monoisotopic (exact) mass is 395 g/mol. The number of quaternary nitrogens is 1. The largest absolute Gasteiger partial charge is 0.489 e. The molecule has 2 aromatic carbocycles. The Labute approximate surface area is 164 Å². The first kappa shape index (κ1) is 19.3. The molecule has 0 bridgehead atoms. The summed E-state index contributed by atoms with van der Waals surface area (Å²) in [5.41, 5.74) is 2.55. The minimum absolute atomic E-state index is 0.229. The summed E-state index contributed by atoms with van der Waals surface area (Å²) in [5, 5.41) is 11.3. The molecule has 0 radical (unpaired) electrons. The predicted molar refractivity (Wildman–Crippen MR) is 107 cm³/mol. The number of aryl methyl sites for hydroxylation is 1. The van der Waals surface area contributed by atoms with Crippen molar-refractivity contribution in [3.8, 4) is 5.75 Å². The van der Waals surface area contributed by atoms with Gasteiger partial charge in [-0.05, 0) is 37.3 Å². The van der Waals surface area contributed by atoms with Crippen LogP contribution in [0.5, 0.6) is 5.75 Å². The number of aliphatic hydroxyl groups excluding tert-OH is 1. The molecule has 1 heterocycles. The molecule has 0 spiro atoms. The highest BCUT2D eigenvalue weighted by Crippen LogP contribution is 2.27. The number of aliphatic hydroxyl groups is 1. The molecule has 1 fully saturated rings. The number of nitrogens with one attached hydrogen (secondary N) is 1. The summed E-state index contributed by atoms with van der Waals surface area (Å²) in [6, 6.07) is 13.8. The van der Waals surface area contributed by atoms with Crippen LogP contribution in [-0.2, 0) is 0 Å². The number of hydrogen-bond acceptors (Lipinski definition) is 3. The van der Waals surface area contributed by atoms with Crippen LogP contribution in [0.4, 0.5) is 5.69 Å². The molecular formula is C20H25Cl2N2O2+. The zero-order valence-electron chi connectivity index (χ0n) is 14.9. The van der Waals surface area contributed by atoms with Crippen LogP contribution in [0.25, 0.3) is 0 Å². The van der Waals surface area contributed by atoms with E-state index in [1.165, 1.54) is 16.2 Å². The molecule has 1 unspecified atom stereocenters. The molecule has 0 amide bonds. The van der Waals surface area contributed by atoms with Crippen molar-refractivity contribution in [1.82, 2.24) is 0 Å². The van der Waals surface area contributed by atoms with E-state index in [1.807, 2.05) is 0 Å². The third-order valence-electron chi connectivity index (χ3n) is 4.72. The van der Waals surface area contributed by atoms with E-state index in [0.29, 0.717) is 22.3 Å². The summed E-state index contributed by atoms with van der Waals surface area (Å²) < 4.78 is 5.63. The molecular weight excluding hydrogens is 371 g/mol. The Balaban J connectivity index is 1.43. The number of halogens is 2. The highest BCUT2D eigenvalue weighted by atomic mass is 35.5. The van der Waals surface area contributed by atoms with Crippen LogP contribution in [0.1, 0.15) is 5.56 Å². The van der Waals surface area contributed by atoms with E-state index >= 15 is 0 Å². The molecule has 140 valence electrons. The van der Waals surface area contributed by atoms with Gasteiger partial charge in [-0.2, -0.15) is 0 Å². The predicted octanol–water partition coefficient (Wildman–Crippen LogP) is 2.45. The van der Waals surface area contributed by atoms with Crippen LogP contribution < -0.4 is 14.5 Å². The Hall–Kier alpha value is -1.46. The number of piperazine rings is 1. The number of rotatable bonds is 6. The lowest BCUT2D eigenvalue weighted by Gasteiger charge is -2.34. The Kier molecular flexibility index (Phi) is 6.65. The van der Waals surface area contributed by atoms with Crippen molar-refractivity contribution in [3.63, 3.8) is 0 Å². The molecule has 2 N–H and O–H groups in total. The number of benzene rings is 2. The zero-order chi connectivity index (χ0) is 18.5. The highest BCUT2D eigenvalue weighted by molar-refractivity contribution is 6.35. The molecule has 2 aromatic rings. The van der Waals surface area contributed by atoms with E-state index in [1.54, 1.807) is 18.2 Å². The van der Waals surface area contributed by atoms with Gasteiger partial charge in [0, 0.05) is 10.7 Å². The molecule has 3 rings (SSSR count). The fraction of sp³-hybridized carbons (Fsp3) is 0.400. The van der Waals surface area contributed by atoms with Gasteiger partial charge in [-0.1, -0.05) is 40.9 Å². The lowest BCUT2D eigenvalue weighted by Crippen LogP contribution is -3.16. The summed E-state index contributed by atoms with van der Waals surface area (Å²) in [6.07, 6.45) is -0.525. The molecule has 1 saturated heterocycles. The summed E-state index contributed by atoms with van der Waals surface area (Å²) in [7, 11) is 0. The second-order valence-corrected chi connectivity index (χ2v) is 7.66. The standard InChI is InChI=1S/C20H24Cl2N2O2/c1-15-2-5-17(6-3-15)24-10-8-23(9-11-24)13-18(25)14-26-20-7-4-16(21)12-19(20)22/h2-7,12,18,25H,8-11,13-14H2,1H3/p+1. The minimum Gasteiger partial charge on any atom is -0.489 e. The van der Waals surface area contributed by atoms with Crippen LogP contribution >= 0.6 is 23.2 Å². The third-order valence-corrected chi connectivity index (χ3v) is 5.25. The van der Waals surface area contributed by atoms with Gasteiger partial charge in [0.05, 0.1) is 31.2 Å². The van der Waals surface area contributed by atoms with Gasteiger partial charge in [0.15, 0.2) is 0 Å². The first-order valence-electron chi connectivity index (χ1n) is 8.92. The number of ether oxygens (including phenoxy) is 1. The van der Waals surface area contributed by atoms with Crippen molar-refractivity contribution in [2.45, 2.75) is 13.0 Å². The normalized spacial score (nSPS) is 16.5. The van der Waals surface area contributed by atoms with Gasteiger partial charge < -0.3 is 19.6 Å². The number of nitrogens with zero attached hydrogens (tertiary/aromatic N) is 1. The maximum Gasteiger partial charge on any atom is 0.138 e. The Bertz CT molecular complexity index is 716. The van der Waals surface area contributed by atoms with Gasteiger partial charge in [-0.25, -0.2) is 0 Å². The van der Waals surface area contributed by atoms with Crippen LogP contribution in [0.2, 0.25) is 10.0 Å². The van der Waals surface area contributed by atoms with Crippen LogP contribution in [0.15, 0.2) is 42.5 Å². The molecule has 0 aliphatic carbocycles. The smallest absolute Gasteiger partial charge is 0.138 e. The molecule has 1 aliphatic rings. The lowest BCUT2D eigenvalue weighted by molar-refractivity contribution is -0.903. The quantitative estimate of drug-likeness (QED) is 0.788. The van der Waals surface area contributed by atoms with E-state index < -0.39 is 6.10 Å². The van der Waals surface area contributed by atoms with E-state index in [4.69, 9.17) is 27.9 Å². The summed E-state index contributed by atoms with van der Waals surface area (Å²) in [4.78, 5) is 3.80. The first-order valence-corrected chi connectivity index (χ1v) is 9.68. The van der Waals surface area contributed by atoms with Gasteiger partial charge in [0.25, 0.3) is 0 Å². The molecule has 0 saturated carbocycles. The average Bonchev–Trinajstić information content (AvgIpc) is 2.62. The number of hydrogen-bond donors (Lipinski definition) is 2. The second kappa shape index (κ2) is 8.96. The van der Waals surface area contributed by atoms with Crippen molar-refractivity contribution < 1.29 is 14.7 Å². The van der Waals surface area contributed by atoms with Gasteiger partial charge in [0.2, 0.25) is 0 Å². The molecule has 26 heavy (non-hydrogen) atoms. The molecule has 6 heteroatoms. The minimum atomic E-state index is -0.525. The van der Waals surface area contributed by atoms with E-state index in [0.717, 1.165) is 26.2 Å². The summed E-state index contributed by atoms with van der Waals surface area (Å²) in [6.45, 7) is 7.01. The Morgan fingerprint density at radius 2 is 1.81 bits per heavy atom.